The molecule has 2 N–H and O–H groups in total. The van der Waals surface area contributed by atoms with Crippen LogP contribution in [0.1, 0.15) is 26.3 Å². The fraction of sp³-hybridized carbons (Fsp3) is 0.438. The lowest BCUT2D eigenvalue weighted by molar-refractivity contribution is 0.0535. The van der Waals surface area contributed by atoms with Crippen molar-refractivity contribution in [2.75, 3.05) is 19.8 Å². The van der Waals surface area contributed by atoms with E-state index in [2.05, 4.69) is 17.2 Å². The Hall–Kier alpha value is -2.19. The predicted octanol–water partition coefficient (Wildman–Crippen LogP) is 1.93. The summed E-state index contributed by atoms with van der Waals surface area (Å²) < 4.78 is 10.3. The van der Waals surface area contributed by atoms with Gasteiger partial charge in [-0.25, -0.2) is 4.79 Å². The number of amides is 1. The van der Waals surface area contributed by atoms with E-state index in [0.717, 1.165) is 5.56 Å². The minimum absolute atomic E-state index is 0.0160. The van der Waals surface area contributed by atoms with E-state index in [1.807, 2.05) is 12.1 Å². The van der Waals surface area contributed by atoms with Crippen molar-refractivity contribution >= 4 is 6.09 Å². The number of carbonyl (C=O) groups excluding carboxylic acids is 1. The smallest absolute Gasteiger partial charge is 0.408 e. The van der Waals surface area contributed by atoms with Crippen molar-refractivity contribution in [3.05, 3.63) is 29.8 Å². The van der Waals surface area contributed by atoms with Gasteiger partial charge in [0.25, 0.3) is 0 Å². The Morgan fingerprint density at radius 1 is 1.29 bits per heavy atom. The monoisotopic (exact) mass is 291 g/mol. The Balaban J connectivity index is 2.39. The summed E-state index contributed by atoms with van der Waals surface area (Å²) in [6.45, 7) is 5.89. The number of ether oxygens (including phenoxy) is 2. The molecule has 0 aliphatic rings. The maximum Gasteiger partial charge on any atom is 0.408 e. The minimum atomic E-state index is -0.512. The highest BCUT2D eigenvalue weighted by molar-refractivity contribution is 5.68. The Labute approximate surface area is 125 Å². The molecule has 0 heterocycles. The summed E-state index contributed by atoms with van der Waals surface area (Å²) in [4.78, 5) is 11.4. The van der Waals surface area contributed by atoms with E-state index < -0.39 is 11.7 Å². The lowest BCUT2D eigenvalue weighted by Gasteiger charge is -2.18. The summed E-state index contributed by atoms with van der Waals surface area (Å²) in [6, 6.07) is 7.18. The topological polar surface area (TPSA) is 67.8 Å². The molecule has 0 unspecified atom stereocenters. The van der Waals surface area contributed by atoms with Crippen molar-refractivity contribution in [2.24, 2.45) is 0 Å². The molecule has 5 nitrogen and oxygen atoms in total. The predicted molar refractivity (Wildman–Crippen MR) is 80.1 cm³/mol. The summed E-state index contributed by atoms with van der Waals surface area (Å²) >= 11 is 0. The number of hydrogen-bond acceptors (Lipinski definition) is 4. The molecule has 1 amide bonds. The second-order valence-electron chi connectivity index (χ2n) is 5.25. The van der Waals surface area contributed by atoms with Gasteiger partial charge in [0.2, 0.25) is 0 Å². The van der Waals surface area contributed by atoms with Gasteiger partial charge in [0.15, 0.2) is 0 Å². The van der Waals surface area contributed by atoms with E-state index in [1.54, 1.807) is 32.9 Å². The highest BCUT2D eigenvalue weighted by Gasteiger charge is 2.14. The van der Waals surface area contributed by atoms with Gasteiger partial charge in [-0.1, -0.05) is 11.8 Å². The van der Waals surface area contributed by atoms with Crippen LogP contribution in [0.25, 0.3) is 0 Å². The molecule has 1 aromatic rings. The maximum absolute atomic E-state index is 11.4. The van der Waals surface area contributed by atoms with Crippen molar-refractivity contribution in [2.45, 2.75) is 26.4 Å². The molecule has 0 saturated heterocycles. The number of benzene rings is 1. The van der Waals surface area contributed by atoms with Crippen LogP contribution in [0.3, 0.4) is 0 Å². The van der Waals surface area contributed by atoms with Gasteiger partial charge in [-0.2, -0.15) is 0 Å². The van der Waals surface area contributed by atoms with E-state index >= 15 is 0 Å². The van der Waals surface area contributed by atoms with Gasteiger partial charge < -0.3 is 19.9 Å². The Bertz CT molecular complexity index is 506. The van der Waals surface area contributed by atoms with Crippen molar-refractivity contribution in [1.29, 1.82) is 0 Å². The van der Waals surface area contributed by atoms with Crippen LogP contribution in [0.15, 0.2) is 24.3 Å². The van der Waals surface area contributed by atoms with Gasteiger partial charge in [-0.3, -0.25) is 0 Å². The number of hydrogen-bond donors (Lipinski definition) is 2. The van der Waals surface area contributed by atoms with Crippen LogP contribution in [0.2, 0.25) is 0 Å². The fourth-order valence-electron chi connectivity index (χ4n) is 1.37. The van der Waals surface area contributed by atoms with Crippen LogP contribution < -0.4 is 10.1 Å². The third-order valence-electron chi connectivity index (χ3n) is 2.17. The normalized spacial score (nSPS) is 10.3. The van der Waals surface area contributed by atoms with Gasteiger partial charge >= 0.3 is 6.09 Å². The molecular formula is C16H21NO4. The van der Waals surface area contributed by atoms with Crippen LogP contribution in [-0.2, 0) is 4.74 Å². The lowest BCUT2D eigenvalue weighted by Crippen LogP contribution is -2.32. The summed E-state index contributed by atoms with van der Waals surface area (Å²) in [5.74, 6) is 6.44. The van der Waals surface area contributed by atoms with Crippen LogP contribution >= 0.6 is 0 Å². The Kier molecular flexibility index (Phi) is 6.57. The molecule has 0 radical (unpaired) electrons. The molecule has 5 heteroatoms. The summed E-state index contributed by atoms with van der Waals surface area (Å²) in [5.41, 5.74) is 0.305. The summed E-state index contributed by atoms with van der Waals surface area (Å²) in [6.07, 6.45) is -0.482. The fourth-order valence-corrected chi connectivity index (χ4v) is 1.37. The molecule has 21 heavy (non-hydrogen) atoms. The molecule has 114 valence electrons. The molecule has 0 aliphatic heterocycles. The number of nitrogens with one attached hydrogen (secondary N) is 1. The van der Waals surface area contributed by atoms with Crippen LogP contribution in [0, 0.1) is 11.8 Å². The first kappa shape index (κ1) is 16.9. The van der Waals surface area contributed by atoms with E-state index in [-0.39, 0.29) is 19.8 Å². The maximum atomic E-state index is 11.4. The summed E-state index contributed by atoms with van der Waals surface area (Å²) in [5, 5.41) is 11.2. The van der Waals surface area contributed by atoms with Crippen molar-refractivity contribution in [3.8, 4) is 17.6 Å². The molecule has 0 spiro atoms. The third-order valence-corrected chi connectivity index (χ3v) is 2.17. The molecule has 0 atom stereocenters. The molecular weight excluding hydrogens is 270 g/mol. The molecule has 0 aliphatic carbocycles. The lowest BCUT2D eigenvalue weighted by atomic mass is 10.2. The summed E-state index contributed by atoms with van der Waals surface area (Å²) in [7, 11) is 0. The number of alkyl carbamates (subject to hydrolysis) is 1. The second kappa shape index (κ2) is 8.18. The second-order valence-corrected chi connectivity index (χ2v) is 5.25. The van der Waals surface area contributed by atoms with Gasteiger partial charge in [-0.15, -0.1) is 0 Å². The van der Waals surface area contributed by atoms with E-state index in [1.165, 1.54) is 0 Å². The van der Waals surface area contributed by atoms with Crippen molar-refractivity contribution in [3.63, 3.8) is 0 Å². The van der Waals surface area contributed by atoms with Crippen LogP contribution in [0.5, 0.6) is 5.75 Å². The molecule has 1 rings (SSSR count). The zero-order valence-corrected chi connectivity index (χ0v) is 12.6. The molecule has 0 fully saturated rings. The third kappa shape index (κ3) is 7.85. The van der Waals surface area contributed by atoms with Gasteiger partial charge in [0, 0.05) is 5.56 Å². The quantitative estimate of drug-likeness (QED) is 0.832. The first-order valence-electron chi connectivity index (χ1n) is 6.70. The van der Waals surface area contributed by atoms with Crippen molar-refractivity contribution in [1.82, 2.24) is 5.32 Å². The van der Waals surface area contributed by atoms with Gasteiger partial charge in [0.05, 0.1) is 13.2 Å². The first-order valence-corrected chi connectivity index (χ1v) is 6.70. The van der Waals surface area contributed by atoms with Crippen LogP contribution in [-0.4, -0.2) is 36.6 Å². The first-order chi connectivity index (χ1) is 9.90. The Morgan fingerprint density at radius 2 is 1.95 bits per heavy atom. The average molecular weight is 291 g/mol. The zero-order chi connectivity index (χ0) is 15.7. The van der Waals surface area contributed by atoms with E-state index in [4.69, 9.17) is 14.6 Å². The number of aliphatic hydroxyl groups is 1. The molecule has 0 aromatic heterocycles. The number of rotatable bonds is 4. The highest BCUT2D eigenvalue weighted by atomic mass is 16.6. The molecule has 0 bridgehead atoms. The van der Waals surface area contributed by atoms with E-state index in [0.29, 0.717) is 5.75 Å². The molecule has 1 aromatic carbocycles. The Morgan fingerprint density at radius 3 is 2.52 bits per heavy atom. The van der Waals surface area contributed by atoms with Gasteiger partial charge in [-0.05, 0) is 45.0 Å². The highest BCUT2D eigenvalue weighted by Crippen LogP contribution is 2.11. The zero-order valence-electron chi connectivity index (χ0n) is 12.6. The van der Waals surface area contributed by atoms with Crippen molar-refractivity contribution < 1.29 is 19.4 Å². The van der Waals surface area contributed by atoms with E-state index in [9.17, 15) is 4.79 Å². The van der Waals surface area contributed by atoms with Crippen LogP contribution in [0.4, 0.5) is 4.79 Å². The SMILES string of the molecule is CC(C)(C)OC(=O)NCC#Cc1ccc(OCCO)cc1. The largest absolute Gasteiger partial charge is 0.491 e. The van der Waals surface area contributed by atoms with Gasteiger partial charge in [0.1, 0.15) is 18.0 Å². The number of carbonyl (C=O) groups is 1. The minimum Gasteiger partial charge on any atom is -0.491 e. The molecule has 0 saturated carbocycles. The standard InChI is InChI=1S/C16H21NO4/c1-16(2,3)21-15(19)17-10-4-5-13-6-8-14(9-7-13)20-12-11-18/h6-9,18H,10-12H2,1-3H3,(H,17,19). The average Bonchev–Trinajstić information content (AvgIpc) is 2.41. The number of aliphatic hydroxyl groups excluding tert-OH is 1.